The lowest BCUT2D eigenvalue weighted by Crippen LogP contribution is -2.54. The van der Waals surface area contributed by atoms with E-state index in [2.05, 4.69) is 21.9 Å². The number of nitrogens with one attached hydrogen (secondary N) is 1. The Morgan fingerprint density at radius 1 is 1.53 bits per heavy atom. The van der Waals surface area contributed by atoms with Gasteiger partial charge in [0.05, 0.1) is 11.6 Å². The highest BCUT2D eigenvalue weighted by Crippen LogP contribution is 2.36. The maximum atomic E-state index is 5.82. The SMILES string of the molecule is CCCn1ccnc1CC(NN)C1(OC)CCCC1. The molecule has 1 atom stereocenters. The first-order valence-corrected chi connectivity index (χ1v) is 7.27. The molecular formula is C14H26N4O. The smallest absolute Gasteiger partial charge is 0.110 e. The summed E-state index contributed by atoms with van der Waals surface area (Å²) in [5, 5.41) is 0. The van der Waals surface area contributed by atoms with Crippen molar-refractivity contribution >= 4 is 0 Å². The van der Waals surface area contributed by atoms with Crippen molar-refractivity contribution in [3.8, 4) is 0 Å². The summed E-state index contributed by atoms with van der Waals surface area (Å²) in [5.41, 5.74) is 2.84. The van der Waals surface area contributed by atoms with Crippen LogP contribution in [0, 0.1) is 0 Å². The minimum atomic E-state index is -0.127. The number of hydrazine groups is 1. The molecule has 1 fully saturated rings. The molecule has 1 aromatic heterocycles. The molecule has 0 aliphatic heterocycles. The highest BCUT2D eigenvalue weighted by Gasteiger charge is 2.41. The molecule has 0 radical (unpaired) electrons. The van der Waals surface area contributed by atoms with Gasteiger partial charge < -0.3 is 9.30 Å². The molecular weight excluding hydrogens is 240 g/mol. The number of aromatic nitrogens is 2. The van der Waals surface area contributed by atoms with Gasteiger partial charge in [0.1, 0.15) is 5.82 Å². The lowest BCUT2D eigenvalue weighted by molar-refractivity contribution is -0.0362. The average Bonchev–Trinajstić information content (AvgIpc) is 3.06. The minimum absolute atomic E-state index is 0.123. The van der Waals surface area contributed by atoms with E-state index in [1.165, 1.54) is 12.8 Å². The van der Waals surface area contributed by atoms with Crippen LogP contribution in [0.2, 0.25) is 0 Å². The number of hydrogen-bond acceptors (Lipinski definition) is 4. The molecule has 19 heavy (non-hydrogen) atoms. The molecule has 1 aromatic rings. The lowest BCUT2D eigenvalue weighted by Gasteiger charge is -2.35. The van der Waals surface area contributed by atoms with Gasteiger partial charge in [0.25, 0.3) is 0 Å². The van der Waals surface area contributed by atoms with Crippen LogP contribution in [0.5, 0.6) is 0 Å². The van der Waals surface area contributed by atoms with Crippen LogP contribution >= 0.6 is 0 Å². The van der Waals surface area contributed by atoms with E-state index < -0.39 is 0 Å². The van der Waals surface area contributed by atoms with E-state index in [1.807, 2.05) is 12.4 Å². The number of imidazole rings is 1. The standard InChI is InChI=1S/C14H26N4O/c1-3-9-18-10-8-16-13(18)11-12(17-15)14(19-2)6-4-5-7-14/h8,10,12,17H,3-7,9,11,15H2,1-2H3. The third kappa shape index (κ3) is 2.99. The van der Waals surface area contributed by atoms with Crippen molar-refractivity contribution in [1.29, 1.82) is 0 Å². The van der Waals surface area contributed by atoms with E-state index in [9.17, 15) is 0 Å². The number of nitrogens with zero attached hydrogens (tertiary/aromatic N) is 2. The zero-order chi connectivity index (χ0) is 13.7. The Kier molecular flexibility index (Phi) is 4.96. The molecule has 1 aliphatic rings. The molecule has 1 heterocycles. The van der Waals surface area contributed by atoms with Crippen molar-refractivity contribution in [2.75, 3.05) is 7.11 Å². The Hall–Kier alpha value is -0.910. The highest BCUT2D eigenvalue weighted by atomic mass is 16.5. The van der Waals surface area contributed by atoms with Gasteiger partial charge in [-0.1, -0.05) is 19.8 Å². The van der Waals surface area contributed by atoms with Gasteiger partial charge in [-0.15, -0.1) is 0 Å². The fraction of sp³-hybridized carbons (Fsp3) is 0.786. The van der Waals surface area contributed by atoms with E-state index in [-0.39, 0.29) is 11.6 Å². The molecule has 0 bridgehead atoms. The van der Waals surface area contributed by atoms with Crippen LogP contribution in [0.4, 0.5) is 0 Å². The third-order valence-corrected chi connectivity index (χ3v) is 4.35. The maximum absolute atomic E-state index is 5.82. The van der Waals surface area contributed by atoms with Gasteiger partial charge in [0.2, 0.25) is 0 Å². The summed E-state index contributed by atoms with van der Waals surface area (Å²) in [7, 11) is 1.80. The van der Waals surface area contributed by atoms with Crippen LogP contribution in [-0.2, 0) is 17.7 Å². The number of hydrogen-bond donors (Lipinski definition) is 2. The van der Waals surface area contributed by atoms with E-state index in [0.29, 0.717) is 0 Å². The van der Waals surface area contributed by atoms with Crippen LogP contribution in [0.3, 0.4) is 0 Å². The molecule has 2 rings (SSSR count). The van der Waals surface area contributed by atoms with Crippen molar-refractivity contribution in [3.63, 3.8) is 0 Å². The van der Waals surface area contributed by atoms with Gasteiger partial charge in [-0.2, -0.15) is 0 Å². The maximum Gasteiger partial charge on any atom is 0.110 e. The first-order valence-electron chi connectivity index (χ1n) is 7.27. The molecule has 5 heteroatoms. The van der Waals surface area contributed by atoms with Crippen molar-refractivity contribution < 1.29 is 4.74 Å². The Morgan fingerprint density at radius 2 is 2.26 bits per heavy atom. The van der Waals surface area contributed by atoms with Crippen LogP contribution in [0.1, 0.15) is 44.9 Å². The normalized spacial score (nSPS) is 19.7. The quantitative estimate of drug-likeness (QED) is 0.581. The average molecular weight is 266 g/mol. The summed E-state index contributed by atoms with van der Waals surface area (Å²) < 4.78 is 8.03. The number of aryl methyl sites for hydroxylation is 1. The monoisotopic (exact) mass is 266 g/mol. The second-order valence-corrected chi connectivity index (χ2v) is 5.44. The van der Waals surface area contributed by atoms with Crippen molar-refractivity contribution in [3.05, 3.63) is 18.2 Å². The summed E-state index contributed by atoms with van der Waals surface area (Å²) in [6.07, 6.45) is 10.4. The van der Waals surface area contributed by atoms with Gasteiger partial charge in [0.15, 0.2) is 0 Å². The second-order valence-electron chi connectivity index (χ2n) is 5.44. The van der Waals surface area contributed by atoms with Crippen molar-refractivity contribution in [2.24, 2.45) is 5.84 Å². The van der Waals surface area contributed by atoms with Crippen LogP contribution in [0.25, 0.3) is 0 Å². The van der Waals surface area contributed by atoms with Crippen LogP contribution in [0.15, 0.2) is 12.4 Å². The van der Waals surface area contributed by atoms with Crippen LogP contribution in [-0.4, -0.2) is 28.3 Å². The molecule has 5 nitrogen and oxygen atoms in total. The minimum Gasteiger partial charge on any atom is -0.377 e. The molecule has 0 amide bonds. The largest absolute Gasteiger partial charge is 0.377 e. The molecule has 3 N–H and O–H groups in total. The first-order chi connectivity index (χ1) is 9.25. The third-order valence-electron chi connectivity index (χ3n) is 4.35. The number of rotatable bonds is 7. The number of ether oxygens (including phenoxy) is 1. The molecule has 1 unspecified atom stereocenters. The van der Waals surface area contributed by atoms with Gasteiger partial charge in [-0.05, 0) is 19.3 Å². The fourth-order valence-corrected chi connectivity index (χ4v) is 3.22. The molecule has 0 spiro atoms. The molecule has 1 aliphatic carbocycles. The predicted octanol–water partition coefficient (Wildman–Crippen LogP) is 1.63. The fourth-order valence-electron chi connectivity index (χ4n) is 3.22. The molecule has 108 valence electrons. The lowest BCUT2D eigenvalue weighted by atomic mass is 9.90. The first kappa shape index (κ1) is 14.5. The summed E-state index contributed by atoms with van der Waals surface area (Å²) in [6.45, 7) is 3.18. The molecule has 0 saturated heterocycles. The van der Waals surface area contributed by atoms with E-state index >= 15 is 0 Å². The van der Waals surface area contributed by atoms with Crippen molar-refractivity contribution in [1.82, 2.24) is 15.0 Å². The van der Waals surface area contributed by atoms with E-state index in [0.717, 1.165) is 38.1 Å². The topological polar surface area (TPSA) is 65.1 Å². The molecule has 1 saturated carbocycles. The van der Waals surface area contributed by atoms with Gasteiger partial charge in [-0.25, -0.2) is 4.98 Å². The Balaban J connectivity index is 2.11. The summed E-state index contributed by atoms with van der Waals surface area (Å²) in [6, 6.07) is 0.123. The van der Waals surface area contributed by atoms with E-state index in [1.54, 1.807) is 7.11 Å². The Bertz CT molecular complexity index is 385. The summed E-state index contributed by atoms with van der Waals surface area (Å²) in [4.78, 5) is 4.47. The number of methoxy groups -OCH3 is 1. The second kappa shape index (κ2) is 6.50. The zero-order valence-electron chi connectivity index (χ0n) is 12.1. The van der Waals surface area contributed by atoms with Crippen molar-refractivity contribution in [2.45, 2.75) is 63.6 Å². The number of nitrogens with two attached hydrogens (primary N) is 1. The predicted molar refractivity (Wildman–Crippen MR) is 75.5 cm³/mol. The Labute approximate surface area is 115 Å². The zero-order valence-corrected chi connectivity index (χ0v) is 12.1. The van der Waals surface area contributed by atoms with E-state index in [4.69, 9.17) is 10.6 Å². The van der Waals surface area contributed by atoms with Gasteiger partial charge in [-0.3, -0.25) is 11.3 Å². The van der Waals surface area contributed by atoms with Gasteiger partial charge >= 0.3 is 0 Å². The molecule has 0 aromatic carbocycles. The Morgan fingerprint density at radius 3 is 2.84 bits per heavy atom. The van der Waals surface area contributed by atoms with Gasteiger partial charge in [0, 0.05) is 32.5 Å². The van der Waals surface area contributed by atoms with Crippen LogP contribution < -0.4 is 11.3 Å². The highest BCUT2D eigenvalue weighted by molar-refractivity contribution is 5.03. The summed E-state index contributed by atoms with van der Waals surface area (Å²) in [5.74, 6) is 6.88. The summed E-state index contributed by atoms with van der Waals surface area (Å²) >= 11 is 0.